The second-order valence-electron chi connectivity index (χ2n) is 4.16. The third kappa shape index (κ3) is 3.01. The number of hydrogen-bond donors (Lipinski definition) is 1. The van der Waals surface area contributed by atoms with Gasteiger partial charge in [0.15, 0.2) is 0 Å². The van der Waals surface area contributed by atoms with E-state index in [2.05, 4.69) is 0 Å². The van der Waals surface area contributed by atoms with Gasteiger partial charge in [-0.1, -0.05) is 24.6 Å². The van der Waals surface area contributed by atoms with E-state index in [0.29, 0.717) is 17.0 Å². The maximum atomic E-state index is 12.2. The Balaban J connectivity index is 3.02. The van der Waals surface area contributed by atoms with Crippen LogP contribution in [0.4, 0.5) is 0 Å². The predicted octanol–water partition coefficient (Wildman–Crippen LogP) is 2.58. The lowest BCUT2D eigenvalue weighted by molar-refractivity contribution is -0.142. The molecule has 5 heteroatoms. The van der Waals surface area contributed by atoms with Crippen LogP contribution in [0.3, 0.4) is 0 Å². The lowest BCUT2D eigenvalue weighted by atomic mass is 10.1. The molecule has 0 spiro atoms. The molecule has 1 unspecified atom stereocenters. The van der Waals surface area contributed by atoms with Gasteiger partial charge in [0.05, 0.1) is 10.6 Å². The van der Waals surface area contributed by atoms with Crippen LogP contribution in [0.1, 0.15) is 29.3 Å². The first kappa shape index (κ1) is 14.5. The first-order chi connectivity index (χ1) is 8.38. The minimum absolute atomic E-state index is 0.324. The van der Waals surface area contributed by atoms with Crippen LogP contribution in [0.5, 0.6) is 0 Å². The van der Waals surface area contributed by atoms with Gasteiger partial charge >= 0.3 is 5.97 Å². The van der Waals surface area contributed by atoms with Crippen LogP contribution in [-0.2, 0) is 4.79 Å². The lowest BCUT2D eigenvalue weighted by Gasteiger charge is -2.24. The maximum Gasteiger partial charge on any atom is 0.326 e. The highest BCUT2D eigenvalue weighted by molar-refractivity contribution is 6.33. The zero-order valence-electron chi connectivity index (χ0n) is 10.6. The van der Waals surface area contributed by atoms with Crippen LogP contribution >= 0.6 is 11.6 Å². The monoisotopic (exact) mass is 269 g/mol. The molecule has 0 aromatic heterocycles. The number of rotatable bonds is 4. The van der Waals surface area contributed by atoms with Crippen molar-refractivity contribution in [3.63, 3.8) is 0 Å². The molecular formula is C13H16ClNO3. The molecule has 1 aromatic rings. The molecule has 0 aliphatic heterocycles. The third-order valence-corrected chi connectivity index (χ3v) is 3.13. The van der Waals surface area contributed by atoms with Crippen LogP contribution in [0.2, 0.25) is 5.02 Å². The Morgan fingerprint density at radius 1 is 1.44 bits per heavy atom. The number of nitrogens with zero attached hydrogens (tertiary/aromatic N) is 1. The van der Waals surface area contributed by atoms with Gasteiger partial charge in [-0.3, -0.25) is 4.79 Å². The summed E-state index contributed by atoms with van der Waals surface area (Å²) < 4.78 is 0. The quantitative estimate of drug-likeness (QED) is 0.914. The highest BCUT2D eigenvalue weighted by atomic mass is 35.5. The number of carboxylic acids is 1. The molecule has 98 valence electrons. The molecule has 1 atom stereocenters. The number of carbonyl (C=O) groups is 2. The van der Waals surface area contributed by atoms with Crippen LogP contribution < -0.4 is 0 Å². The van der Waals surface area contributed by atoms with E-state index < -0.39 is 12.0 Å². The number of benzene rings is 1. The van der Waals surface area contributed by atoms with Gasteiger partial charge < -0.3 is 10.0 Å². The third-order valence-electron chi connectivity index (χ3n) is 2.81. The number of amides is 1. The Labute approximate surface area is 111 Å². The molecule has 0 heterocycles. The number of carbonyl (C=O) groups excluding carboxylic acids is 1. The highest BCUT2D eigenvalue weighted by Crippen LogP contribution is 2.20. The molecular weight excluding hydrogens is 254 g/mol. The van der Waals surface area contributed by atoms with Crippen LogP contribution in [-0.4, -0.2) is 35.0 Å². The summed E-state index contributed by atoms with van der Waals surface area (Å²) in [7, 11) is 1.47. The van der Waals surface area contributed by atoms with Crippen molar-refractivity contribution in [1.82, 2.24) is 4.90 Å². The smallest absolute Gasteiger partial charge is 0.326 e. The summed E-state index contributed by atoms with van der Waals surface area (Å²) in [6.45, 7) is 3.59. The molecule has 0 bridgehead atoms. The molecule has 4 nitrogen and oxygen atoms in total. The average Bonchev–Trinajstić information content (AvgIpc) is 2.28. The average molecular weight is 270 g/mol. The van der Waals surface area contributed by atoms with Crippen molar-refractivity contribution in [3.05, 3.63) is 34.3 Å². The van der Waals surface area contributed by atoms with E-state index in [9.17, 15) is 9.59 Å². The summed E-state index contributed by atoms with van der Waals surface area (Å²) in [6, 6.07) is 4.24. The number of aliphatic carboxylic acids is 1. The molecule has 0 saturated heterocycles. The molecule has 1 aromatic carbocycles. The van der Waals surface area contributed by atoms with E-state index in [1.807, 2.05) is 6.92 Å². The largest absolute Gasteiger partial charge is 0.480 e. The van der Waals surface area contributed by atoms with Gasteiger partial charge in [0.2, 0.25) is 0 Å². The molecule has 1 amide bonds. The van der Waals surface area contributed by atoms with Gasteiger partial charge in [-0.15, -0.1) is 0 Å². The summed E-state index contributed by atoms with van der Waals surface area (Å²) in [5, 5.41) is 9.37. The lowest BCUT2D eigenvalue weighted by Crippen LogP contribution is -2.42. The van der Waals surface area contributed by atoms with Crippen LogP contribution in [0.15, 0.2) is 18.2 Å². The molecule has 0 saturated carbocycles. The Hall–Kier alpha value is -1.55. The summed E-state index contributed by atoms with van der Waals surface area (Å²) >= 11 is 6.00. The van der Waals surface area contributed by atoms with E-state index in [1.54, 1.807) is 25.1 Å². The van der Waals surface area contributed by atoms with Crippen LogP contribution in [0, 0.1) is 6.92 Å². The molecule has 1 rings (SSSR count). The van der Waals surface area contributed by atoms with Crippen molar-refractivity contribution in [3.8, 4) is 0 Å². The minimum atomic E-state index is -1.02. The Kier molecular flexibility index (Phi) is 4.73. The number of carboxylic acid groups (broad SMARTS) is 1. The minimum Gasteiger partial charge on any atom is -0.480 e. The molecule has 0 fully saturated rings. The van der Waals surface area contributed by atoms with Gasteiger partial charge in [0.1, 0.15) is 6.04 Å². The van der Waals surface area contributed by atoms with Gasteiger partial charge in [-0.2, -0.15) is 0 Å². The SMILES string of the molecule is CCC(C(=O)O)N(C)C(=O)c1ccc(C)cc1Cl. The van der Waals surface area contributed by atoms with Gasteiger partial charge in [-0.25, -0.2) is 4.79 Å². The standard InChI is InChI=1S/C13H16ClNO3/c1-4-11(13(17)18)15(3)12(16)9-6-5-8(2)7-10(9)14/h5-7,11H,4H2,1-3H3,(H,17,18). The molecule has 0 aliphatic carbocycles. The number of hydrogen-bond acceptors (Lipinski definition) is 2. The fourth-order valence-corrected chi connectivity index (χ4v) is 2.06. The van der Waals surface area contributed by atoms with Crippen molar-refractivity contribution in [2.75, 3.05) is 7.05 Å². The summed E-state index contributed by atoms with van der Waals surface area (Å²) in [5.74, 6) is -1.40. The predicted molar refractivity (Wildman–Crippen MR) is 70.0 cm³/mol. The number of likely N-dealkylation sites (N-methyl/N-ethyl adjacent to an activating group) is 1. The molecule has 0 radical (unpaired) electrons. The first-order valence-electron chi connectivity index (χ1n) is 5.64. The van der Waals surface area contributed by atoms with E-state index in [1.165, 1.54) is 11.9 Å². The summed E-state index contributed by atoms with van der Waals surface area (Å²) in [5.41, 5.74) is 1.27. The first-order valence-corrected chi connectivity index (χ1v) is 6.02. The van der Waals surface area contributed by atoms with Crippen molar-refractivity contribution >= 4 is 23.5 Å². The second kappa shape index (κ2) is 5.87. The van der Waals surface area contributed by atoms with Crippen molar-refractivity contribution in [2.45, 2.75) is 26.3 Å². The van der Waals surface area contributed by atoms with Crippen molar-refractivity contribution in [1.29, 1.82) is 0 Å². The van der Waals surface area contributed by atoms with E-state index in [-0.39, 0.29) is 5.91 Å². The fourth-order valence-electron chi connectivity index (χ4n) is 1.74. The van der Waals surface area contributed by atoms with Crippen molar-refractivity contribution < 1.29 is 14.7 Å². The Morgan fingerprint density at radius 2 is 2.06 bits per heavy atom. The Morgan fingerprint density at radius 3 is 2.50 bits per heavy atom. The number of halogens is 1. The normalized spacial score (nSPS) is 12.0. The van der Waals surface area contributed by atoms with Gasteiger partial charge in [-0.05, 0) is 31.0 Å². The zero-order chi connectivity index (χ0) is 13.9. The maximum absolute atomic E-state index is 12.2. The van der Waals surface area contributed by atoms with Gasteiger partial charge in [0.25, 0.3) is 5.91 Å². The Bertz CT molecular complexity index is 473. The molecule has 0 aliphatic rings. The molecule has 1 N–H and O–H groups in total. The van der Waals surface area contributed by atoms with E-state index in [0.717, 1.165) is 5.56 Å². The van der Waals surface area contributed by atoms with E-state index >= 15 is 0 Å². The highest BCUT2D eigenvalue weighted by Gasteiger charge is 2.26. The summed E-state index contributed by atoms with van der Waals surface area (Å²) in [4.78, 5) is 24.4. The van der Waals surface area contributed by atoms with Crippen molar-refractivity contribution in [2.24, 2.45) is 0 Å². The molecule has 18 heavy (non-hydrogen) atoms. The fraction of sp³-hybridized carbons (Fsp3) is 0.385. The summed E-state index contributed by atoms with van der Waals surface area (Å²) in [6.07, 6.45) is 0.348. The second-order valence-corrected chi connectivity index (χ2v) is 4.57. The van der Waals surface area contributed by atoms with Crippen LogP contribution in [0.25, 0.3) is 0 Å². The number of aryl methyl sites for hydroxylation is 1. The van der Waals surface area contributed by atoms with Gasteiger partial charge in [0, 0.05) is 7.05 Å². The zero-order valence-corrected chi connectivity index (χ0v) is 11.4. The van der Waals surface area contributed by atoms with E-state index in [4.69, 9.17) is 16.7 Å². The topological polar surface area (TPSA) is 57.6 Å².